The fourth-order valence-electron chi connectivity index (χ4n) is 5.25. The highest BCUT2D eigenvalue weighted by molar-refractivity contribution is 5.68. The van der Waals surface area contributed by atoms with Crippen LogP contribution >= 0.6 is 0 Å². The van der Waals surface area contributed by atoms with Gasteiger partial charge in [-0.3, -0.25) is 0 Å². The van der Waals surface area contributed by atoms with Gasteiger partial charge in [-0.1, -0.05) is 30.3 Å². The quantitative estimate of drug-likeness (QED) is 0.205. The summed E-state index contributed by atoms with van der Waals surface area (Å²) in [6.45, 7) is 8.81. The van der Waals surface area contributed by atoms with Crippen molar-refractivity contribution in [1.82, 2.24) is 30.5 Å². The molecule has 0 aliphatic heterocycles. The first-order valence-corrected chi connectivity index (χ1v) is 15.3. The van der Waals surface area contributed by atoms with E-state index in [1.165, 1.54) is 0 Å². The number of alkyl halides is 2. The highest BCUT2D eigenvalue weighted by Crippen LogP contribution is 2.41. The number of fused-ring (bicyclic) bond motifs is 1. The molecule has 1 aromatic carbocycles. The Labute approximate surface area is 257 Å². The zero-order valence-corrected chi connectivity index (χ0v) is 25.9. The molecular formula is C32H44F2N6O4. The first-order chi connectivity index (χ1) is 20.9. The van der Waals surface area contributed by atoms with Gasteiger partial charge in [0.15, 0.2) is 5.65 Å². The summed E-state index contributed by atoms with van der Waals surface area (Å²) in [5, 5.41) is 13.6. The summed E-state index contributed by atoms with van der Waals surface area (Å²) in [7, 11) is 0. The summed E-state index contributed by atoms with van der Waals surface area (Å²) in [6.07, 6.45) is 4.17. The molecule has 1 fully saturated rings. The zero-order valence-electron chi connectivity index (χ0n) is 25.9. The van der Waals surface area contributed by atoms with Gasteiger partial charge in [0.05, 0.1) is 24.1 Å². The molecule has 1 unspecified atom stereocenters. The summed E-state index contributed by atoms with van der Waals surface area (Å²) in [6, 6.07) is 10.8. The number of hydrogen-bond acceptors (Lipinski definition) is 7. The molecule has 2 amide bonds. The van der Waals surface area contributed by atoms with Crippen LogP contribution in [-0.2, 0) is 22.6 Å². The van der Waals surface area contributed by atoms with Gasteiger partial charge in [0.25, 0.3) is 0 Å². The number of rotatable bonds is 12. The molecular weight excluding hydrogens is 570 g/mol. The second-order valence-electron chi connectivity index (χ2n) is 12.6. The third kappa shape index (κ3) is 10.4. The lowest BCUT2D eigenvalue weighted by molar-refractivity contribution is -0.0500. The number of alkyl carbamates (subject to hydrolysis) is 2. The number of carbonyl (C=O) groups is 2. The van der Waals surface area contributed by atoms with E-state index in [9.17, 15) is 18.4 Å². The number of imidazole rings is 1. The maximum Gasteiger partial charge on any atom is 0.408 e. The highest BCUT2D eigenvalue weighted by atomic mass is 19.3. The Balaban J connectivity index is 1.27. The van der Waals surface area contributed by atoms with E-state index in [0.29, 0.717) is 17.9 Å². The molecule has 10 nitrogen and oxygen atoms in total. The summed E-state index contributed by atoms with van der Waals surface area (Å²) in [5.41, 5.74) is 2.34. The molecule has 2 aromatic heterocycles. The molecule has 2 atom stereocenters. The summed E-state index contributed by atoms with van der Waals surface area (Å²) in [5.74, 6) is -2.88. The highest BCUT2D eigenvalue weighted by Gasteiger charge is 2.39. The van der Waals surface area contributed by atoms with Crippen LogP contribution in [0.1, 0.15) is 89.1 Å². The average Bonchev–Trinajstić information content (AvgIpc) is 3.38. The zero-order chi connectivity index (χ0) is 31.7. The van der Waals surface area contributed by atoms with Crippen LogP contribution in [0.4, 0.5) is 18.4 Å². The van der Waals surface area contributed by atoms with Gasteiger partial charge in [0.2, 0.25) is 5.92 Å². The van der Waals surface area contributed by atoms with Crippen LogP contribution in [0.5, 0.6) is 0 Å². The van der Waals surface area contributed by atoms with Crippen LogP contribution < -0.4 is 16.0 Å². The predicted octanol–water partition coefficient (Wildman–Crippen LogP) is 6.31. The van der Waals surface area contributed by atoms with Gasteiger partial charge in [-0.25, -0.2) is 27.9 Å². The molecule has 3 aromatic rings. The monoisotopic (exact) mass is 614 g/mol. The van der Waals surface area contributed by atoms with E-state index in [-0.39, 0.29) is 44.2 Å². The van der Waals surface area contributed by atoms with Crippen molar-refractivity contribution in [3.05, 3.63) is 65.6 Å². The van der Waals surface area contributed by atoms with Gasteiger partial charge >= 0.3 is 12.2 Å². The van der Waals surface area contributed by atoms with Crippen LogP contribution in [0.25, 0.3) is 5.65 Å². The molecule has 1 aliphatic carbocycles. The maximum atomic E-state index is 13.9. The molecule has 240 valence electrons. The van der Waals surface area contributed by atoms with Crippen LogP contribution in [0.3, 0.4) is 0 Å². The first-order valence-electron chi connectivity index (χ1n) is 15.3. The number of carbonyl (C=O) groups excluding carboxylic acids is 2. The minimum atomic E-state index is -2.68. The van der Waals surface area contributed by atoms with Crippen molar-refractivity contribution in [3.8, 4) is 0 Å². The molecule has 12 heteroatoms. The van der Waals surface area contributed by atoms with Crippen molar-refractivity contribution >= 4 is 17.8 Å². The van der Waals surface area contributed by atoms with E-state index in [4.69, 9.17) is 14.5 Å². The molecule has 3 N–H and O–H groups in total. The van der Waals surface area contributed by atoms with E-state index in [1.54, 1.807) is 37.7 Å². The summed E-state index contributed by atoms with van der Waals surface area (Å²) < 4.78 is 40.2. The number of hydrogen-bond donors (Lipinski definition) is 3. The molecule has 0 spiro atoms. The fourth-order valence-corrected chi connectivity index (χ4v) is 5.25. The largest absolute Gasteiger partial charge is 0.445 e. The molecule has 44 heavy (non-hydrogen) atoms. The van der Waals surface area contributed by atoms with E-state index >= 15 is 0 Å². The topological polar surface area (TPSA) is 119 Å². The van der Waals surface area contributed by atoms with E-state index in [0.717, 1.165) is 30.5 Å². The van der Waals surface area contributed by atoms with Crippen molar-refractivity contribution in [1.29, 1.82) is 0 Å². The number of benzene rings is 1. The van der Waals surface area contributed by atoms with E-state index in [1.807, 2.05) is 43.3 Å². The Kier molecular flexibility index (Phi) is 11.1. The van der Waals surface area contributed by atoms with Crippen LogP contribution in [0.15, 0.2) is 48.8 Å². The second-order valence-corrected chi connectivity index (χ2v) is 12.6. The van der Waals surface area contributed by atoms with Crippen molar-refractivity contribution in [2.75, 3.05) is 6.54 Å². The minimum absolute atomic E-state index is 0.0287. The second kappa shape index (κ2) is 14.8. The SMILES string of the molecule is CC(CCCNCc1cnn2cc([C@@H](NC(=O)OC(C)(C)C)C3CCC(F)(F)CC3)nc2c1)NC(=O)OCc1ccccc1. The fraction of sp³-hybridized carbons (Fsp3) is 0.562. The molecule has 0 bridgehead atoms. The number of halogens is 2. The van der Waals surface area contributed by atoms with Crippen LogP contribution in [-0.4, -0.2) is 50.9 Å². The lowest BCUT2D eigenvalue weighted by Crippen LogP contribution is -2.40. The standard InChI is InChI=1S/C32H44F2N6O4/c1-22(37-29(41)43-21-23-10-6-5-7-11-23)9-8-16-35-18-24-17-27-38-26(20-40(27)36-19-24)28(39-30(42)44-31(2,3)4)25-12-14-32(33,34)15-13-25/h5-7,10-11,17,19-20,22,25,28,35H,8-9,12-16,18,21H2,1-4H3,(H,37,41)(H,39,42)/t22?,28-/m0/s1. The Bertz CT molecular complexity index is 1370. The number of nitrogens with one attached hydrogen (secondary N) is 3. The Morgan fingerprint density at radius 3 is 2.52 bits per heavy atom. The third-order valence-corrected chi connectivity index (χ3v) is 7.52. The summed E-state index contributed by atoms with van der Waals surface area (Å²) in [4.78, 5) is 29.4. The lowest BCUT2D eigenvalue weighted by Gasteiger charge is -2.33. The molecule has 0 radical (unpaired) electrons. The number of amides is 2. The van der Waals surface area contributed by atoms with Crippen molar-refractivity contribution in [2.45, 2.75) is 103 Å². The number of aromatic nitrogens is 3. The van der Waals surface area contributed by atoms with Gasteiger partial charge in [0, 0.05) is 25.4 Å². The summed E-state index contributed by atoms with van der Waals surface area (Å²) >= 11 is 0. The third-order valence-electron chi connectivity index (χ3n) is 7.52. The normalized spacial score (nSPS) is 16.7. The maximum absolute atomic E-state index is 13.9. The molecule has 1 saturated carbocycles. The van der Waals surface area contributed by atoms with Crippen molar-refractivity contribution in [3.63, 3.8) is 0 Å². The van der Waals surface area contributed by atoms with Gasteiger partial charge in [-0.05, 0) is 83.0 Å². The molecule has 1 aliphatic rings. The Morgan fingerprint density at radius 1 is 1.09 bits per heavy atom. The van der Waals surface area contributed by atoms with Gasteiger partial charge in [-0.2, -0.15) is 5.10 Å². The van der Waals surface area contributed by atoms with Crippen LogP contribution in [0, 0.1) is 5.92 Å². The molecule has 0 saturated heterocycles. The van der Waals surface area contributed by atoms with E-state index in [2.05, 4.69) is 21.0 Å². The van der Waals surface area contributed by atoms with Gasteiger partial charge < -0.3 is 25.4 Å². The number of nitrogens with zero attached hydrogens (tertiary/aromatic N) is 3. The first kappa shape index (κ1) is 33.1. The smallest absolute Gasteiger partial charge is 0.408 e. The number of ether oxygens (including phenoxy) is 2. The van der Waals surface area contributed by atoms with Gasteiger partial charge in [0.1, 0.15) is 12.2 Å². The Morgan fingerprint density at radius 2 is 1.82 bits per heavy atom. The average molecular weight is 615 g/mol. The lowest BCUT2D eigenvalue weighted by atomic mass is 9.81. The van der Waals surface area contributed by atoms with Gasteiger partial charge in [-0.15, -0.1) is 0 Å². The molecule has 4 rings (SSSR count). The molecule has 2 heterocycles. The minimum Gasteiger partial charge on any atom is -0.445 e. The predicted molar refractivity (Wildman–Crippen MR) is 162 cm³/mol. The van der Waals surface area contributed by atoms with Crippen molar-refractivity contribution in [2.24, 2.45) is 5.92 Å². The van der Waals surface area contributed by atoms with Crippen LogP contribution in [0.2, 0.25) is 0 Å². The van der Waals surface area contributed by atoms with Crippen molar-refractivity contribution < 1.29 is 27.8 Å². The van der Waals surface area contributed by atoms with E-state index < -0.39 is 29.8 Å². The Hall–Kier alpha value is -3.80.